The minimum Gasteiger partial charge on any atom is -0.457 e. The topological polar surface area (TPSA) is 120 Å². The molecule has 0 amide bonds. The van der Waals surface area contributed by atoms with E-state index in [4.69, 9.17) is 10.5 Å². The zero-order valence-corrected chi connectivity index (χ0v) is 20.1. The van der Waals surface area contributed by atoms with Crippen molar-refractivity contribution in [3.8, 4) is 11.5 Å². The first-order valence-corrected chi connectivity index (χ1v) is 12.2. The van der Waals surface area contributed by atoms with Crippen molar-refractivity contribution < 1.29 is 4.74 Å². The number of nitrogens with one attached hydrogen (secondary N) is 2. The van der Waals surface area contributed by atoms with Gasteiger partial charge in [0.1, 0.15) is 22.8 Å². The van der Waals surface area contributed by atoms with E-state index in [1.165, 1.54) is 5.56 Å². The predicted octanol–water partition coefficient (Wildman–Crippen LogP) is 4.03. The molecule has 9 heteroatoms. The fourth-order valence-corrected chi connectivity index (χ4v) is 4.96. The maximum Gasteiger partial charge on any atom is 0.203 e. The van der Waals surface area contributed by atoms with Crippen LogP contribution in [-0.2, 0) is 13.0 Å². The second-order valence-electron chi connectivity index (χ2n) is 9.40. The van der Waals surface area contributed by atoms with Gasteiger partial charge >= 0.3 is 0 Å². The van der Waals surface area contributed by atoms with Crippen molar-refractivity contribution in [3.63, 3.8) is 0 Å². The largest absolute Gasteiger partial charge is 0.457 e. The molecule has 1 aliphatic heterocycles. The Bertz CT molecular complexity index is 1510. The minimum absolute atomic E-state index is 0.0324. The van der Waals surface area contributed by atoms with Gasteiger partial charge in [0.2, 0.25) is 5.65 Å². The number of aromatic amines is 1. The van der Waals surface area contributed by atoms with Crippen LogP contribution in [0, 0.1) is 0 Å². The Hall–Kier alpha value is -4.24. The lowest BCUT2D eigenvalue weighted by atomic mass is 9.90. The Labute approximate surface area is 208 Å². The summed E-state index contributed by atoms with van der Waals surface area (Å²) in [6, 6.07) is 18.7. The Kier molecular flexibility index (Phi) is 5.82. The van der Waals surface area contributed by atoms with Gasteiger partial charge in [-0.05, 0) is 78.9 Å². The number of ether oxygens (including phenoxy) is 1. The number of aromatic nitrogens is 6. The third kappa shape index (κ3) is 4.65. The van der Waals surface area contributed by atoms with Crippen LogP contribution < -0.4 is 15.8 Å². The lowest BCUT2D eigenvalue weighted by Gasteiger charge is -2.19. The molecule has 0 aliphatic carbocycles. The summed E-state index contributed by atoms with van der Waals surface area (Å²) >= 11 is 0. The number of anilines is 1. The molecule has 0 saturated heterocycles. The van der Waals surface area contributed by atoms with Gasteiger partial charge in [0, 0.05) is 18.2 Å². The highest BCUT2D eigenvalue weighted by molar-refractivity contribution is 5.77. The van der Waals surface area contributed by atoms with Gasteiger partial charge in [-0.1, -0.05) is 24.3 Å². The second kappa shape index (κ2) is 9.43. The molecule has 3 aromatic heterocycles. The van der Waals surface area contributed by atoms with Crippen LogP contribution in [0.4, 0.5) is 5.82 Å². The quantitative estimate of drug-likeness (QED) is 0.331. The molecule has 0 fully saturated rings. The van der Waals surface area contributed by atoms with Crippen LogP contribution in [0.5, 0.6) is 11.5 Å². The van der Waals surface area contributed by atoms with E-state index in [1.54, 1.807) is 0 Å². The van der Waals surface area contributed by atoms with Gasteiger partial charge in [0.05, 0.1) is 12.7 Å². The van der Waals surface area contributed by atoms with Crippen molar-refractivity contribution in [2.45, 2.75) is 38.3 Å². The molecule has 0 spiro atoms. The summed E-state index contributed by atoms with van der Waals surface area (Å²) in [7, 11) is 0. The van der Waals surface area contributed by atoms with Crippen molar-refractivity contribution in [2.24, 2.45) is 0 Å². The van der Waals surface area contributed by atoms with Crippen molar-refractivity contribution in [1.29, 1.82) is 0 Å². The number of nitrogen functional groups attached to an aromatic ring is 1. The number of hydrogen-bond donors (Lipinski definition) is 3. The van der Waals surface area contributed by atoms with Gasteiger partial charge in [-0.2, -0.15) is 15.4 Å². The first kappa shape index (κ1) is 22.2. The average molecular weight is 481 g/mol. The third-order valence-corrected chi connectivity index (χ3v) is 6.62. The molecule has 182 valence electrons. The van der Waals surface area contributed by atoms with Crippen molar-refractivity contribution in [3.05, 3.63) is 89.2 Å². The Morgan fingerprint density at radius 3 is 2.69 bits per heavy atom. The van der Waals surface area contributed by atoms with E-state index in [0.29, 0.717) is 18.0 Å². The number of benzene rings is 2. The fraction of sp³-hybridized carbons (Fsp3) is 0.259. The zero-order chi connectivity index (χ0) is 24.5. The van der Waals surface area contributed by atoms with Crippen molar-refractivity contribution in [1.82, 2.24) is 35.5 Å². The molecular weight excluding hydrogens is 452 g/mol. The number of hydrogen-bond acceptors (Lipinski definition) is 7. The van der Waals surface area contributed by atoms with Crippen molar-refractivity contribution in [2.75, 3.05) is 12.3 Å². The molecule has 6 rings (SSSR count). The SMILES string of the molecule is C[C@@H]1Cc2cccc(c2)Oc2cccc(c2)Cn2cc(cn2)C(c2cc(N)nc3n[nH]nc23)CCN1. The van der Waals surface area contributed by atoms with Crippen LogP contribution in [0.25, 0.3) is 11.2 Å². The van der Waals surface area contributed by atoms with E-state index in [-0.39, 0.29) is 12.0 Å². The smallest absolute Gasteiger partial charge is 0.203 e. The summed E-state index contributed by atoms with van der Waals surface area (Å²) in [6.07, 6.45) is 5.78. The van der Waals surface area contributed by atoms with Gasteiger partial charge in [0.15, 0.2) is 0 Å². The monoisotopic (exact) mass is 480 g/mol. The lowest BCUT2D eigenvalue weighted by Crippen LogP contribution is -2.30. The molecule has 9 nitrogen and oxygen atoms in total. The normalized spacial score (nSPS) is 18.5. The highest BCUT2D eigenvalue weighted by Crippen LogP contribution is 2.33. The standard InChI is InChI=1S/C27H28N8O/c1-17-10-18-4-2-6-21(11-18)36-22-7-3-5-19(12-22)15-35-16-20(14-30-35)23(8-9-29-17)24-13-25(28)31-27-26(24)32-34-33-27/h2-7,11-14,16-17,23,29H,8-10,15H2,1H3,(H3,28,31,32,33,34)/t17-,23?/m1/s1. The van der Waals surface area contributed by atoms with Gasteiger partial charge in [-0.15, -0.1) is 5.10 Å². The van der Waals surface area contributed by atoms with E-state index < -0.39 is 0 Å². The van der Waals surface area contributed by atoms with Gasteiger partial charge in [-0.3, -0.25) is 4.68 Å². The first-order valence-electron chi connectivity index (χ1n) is 12.2. The molecule has 1 aliphatic rings. The van der Waals surface area contributed by atoms with E-state index in [1.807, 2.05) is 41.2 Å². The summed E-state index contributed by atoms with van der Waals surface area (Å²) in [5.41, 5.74) is 11.9. The number of H-pyrrole nitrogens is 1. The molecule has 36 heavy (non-hydrogen) atoms. The molecule has 2 atom stereocenters. The summed E-state index contributed by atoms with van der Waals surface area (Å²) in [4.78, 5) is 4.33. The summed E-state index contributed by atoms with van der Waals surface area (Å²) in [5, 5.41) is 19.6. The number of nitrogens with two attached hydrogens (primary N) is 1. The lowest BCUT2D eigenvalue weighted by molar-refractivity contribution is 0.479. The molecule has 1 unspecified atom stereocenters. The zero-order valence-electron chi connectivity index (χ0n) is 20.1. The number of fused-ring (bicyclic) bond motifs is 7. The van der Waals surface area contributed by atoms with Gasteiger partial charge < -0.3 is 15.8 Å². The minimum atomic E-state index is 0.0324. The summed E-state index contributed by atoms with van der Waals surface area (Å²) in [6.45, 7) is 3.66. The Balaban J connectivity index is 1.39. The van der Waals surface area contributed by atoms with Crippen LogP contribution in [0.3, 0.4) is 0 Å². The van der Waals surface area contributed by atoms with Crippen LogP contribution >= 0.6 is 0 Å². The summed E-state index contributed by atoms with van der Waals surface area (Å²) in [5.74, 6) is 2.12. The van der Waals surface area contributed by atoms with Crippen LogP contribution in [0.2, 0.25) is 0 Å². The maximum absolute atomic E-state index is 6.19. The van der Waals surface area contributed by atoms with E-state index >= 15 is 0 Å². The van der Waals surface area contributed by atoms with Gasteiger partial charge in [-0.25, -0.2) is 4.98 Å². The van der Waals surface area contributed by atoms with E-state index in [9.17, 15) is 0 Å². The molecule has 0 saturated carbocycles. The highest BCUT2D eigenvalue weighted by atomic mass is 16.5. The molecule has 5 aromatic rings. The first-order chi connectivity index (χ1) is 17.6. The van der Waals surface area contributed by atoms with Crippen LogP contribution in [0.1, 0.15) is 41.5 Å². The third-order valence-electron chi connectivity index (χ3n) is 6.62. The summed E-state index contributed by atoms with van der Waals surface area (Å²) < 4.78 is 8.15. The average Bonchev–Trinajstić information content (AvgIpc) is 3.51. The number of nitrogens with zero attached hydrogens (tertiary/aromatic N) is 5. The molecular formula is C27H28N8O. The van der Waals surface area contributed by atoms with E-state index in [0.717, 1.165) is 53.1 Å². The second-order valence-corrected chi connectivity index (χ2v) is 9.40. The molecule has 4 N–H and O–H groups in total. The molecule has 0 radical (unpaired) electrons. The predicted molar refractivity (Wildman–Crippen MR) is 138 cm³/mol. The Morgan fingerprint density at radius 1 is 1.03 bits per heavy atom. The molecule has 4 heterocycles. The maximum atomic E-state index is 6.19. The Morgan fingerprint density at radius 2 is 1.83 bits per heavy atom. The fourth-order valence-electron chi connectivity index (χ4n) is 4.96. The van der Waals surface area contributed by atoms with E-state index in [2.05, 4.69) is 68.2 Å². The molecule has 2 aromatic carbocycles. The number of rotatable bonds is 1. The van der Waals surface area contributed by atoms with Crippen LogP contribution in [0.15, 0.2) is 67.0 Å². The highest BCUT2D eigenvalue weighted by Gasteiger charge is 2.22. The number of pyridine rings is 1. The van der Waals surface area contributed by atoms with Crippen LogP contribution in [-0.4, -0.2) is 42.8 Å². The van der Waals surface area contributed by atoms with Gasteiger partial charge in [0.25, 0.3) is 0 Å². The van der Waals surface area contributed by atoms with Crippen molar-refractivity contribution >= 4 is 17.0 Å². The molecule has 6 bridgehead atoms.